The largest absolute Gasteiger partial charge is 0.358 e. The molecule has 1 atom stereocenters. The van der Waals surface area contributed by atoms with Crippen LogP contribution < -0.4 is 5.32 Å². The van der Waals surface area contributed by atoms with Gasteiger partial charge in [0.15, 0.2) is 5.78 Å². The predicted molar refractivity (Wildman–Crippen MR) is 73.1 cm³/mol. The molecule has 1 fully saturated rings. The second-order valence-electron chi connectivity index (χ2n) is 5.19. The van der Waals surface area contributed by atoms with Crippen LogP contribution in [0.25, 0.3) is 10.9 Å². The Bertz CT molecular complexity index is 606. The molecule has 1 aromatic carbocycles. The molecule has 0 amide bonds. The Labute approximate surface area is 107 Å². The third-order valence-corrected chi connectivity index (χ3v) is 3.76. The SMILES string of the molecule is Cc1ccc2c(C(=O)C3CCCN3)c(C)[nH]c2c1. The zero-order valence-electron chi connectivity index (χ0n) is 10.8. The molecule has 2 aromatic rings. The van der Waals surface area contributed by atoms with Crippen molar-refractivity contribution in [3.05, 3.63) is 35.0 Å². The lowest BCUT2D eigenvalue weighted by Crippen LogP contribution is -2.31. The van der Waals surface area contributed by atoms with Crippen LogP contribution in [0, 0.1) is 13.8 Å². The number of rotatable bonds is 2. The highest BCUT2D eigenvalue weighted by molar-refractivity contribution is 6.11. The van der Waals surface area contributed by atoms with Crippen LogP contribution in [0.2, 0.25) is 0 Å². The number of fused-ring (bicyclic) bond motifs is 1. The normalized spacial score (nSPS) is 19.6. The summed E-state index contributed by atoms with van der Waals surface area (Å²) in [5, 5.41) is 4.34. The molecule has 1 aliphatic heterocycles. The van der Waals surface area contributed by atoms with Gasteiger partial charge in [0.1, 0.15) is 0 Å². The van der Waals surface area contributed by atoms with Crippen LogP contribution >= 0.6 is 0 Å². The molecule has 1 aromatic heterocycles. The number of aromatic amines is 1. The molecule has 2 N–H and O–H groups in total. The van der Waals surface area contributed by atoms with Gasteiger partial charge in [0.05, 0.1) is 6.04 Å². The van der Waals surface area contributed by atoms with Gasteiger partial charge in [-0.1, -0.05) is 12.1 Å². The van der Waals surface area contributed by atoms with E-state index in [4.69, 9.17) is 0 Å². The molecule has 3 nitrogen and oxygen atoms in total. The molecule has 18 heavy (non-hydrogen) atoms. The molecule has 94 valence electrons. The number of hydrogen-bond acceptors (Lipinski definition) is 2. The average molecular weight is 242 g/mol. The van der Waals surface area contributed by atoms with Crippen molar-refractivity contribution in [2.24, 2.45) is 0 Å². The van der Waals surface area contributed by atoms with Crippen LogP contribution in [0.5, 0.6) is 0 Å². The summed E-state index contributed by atoms with van der Waals surface area (Å²) in [4.78, 5) is 15.9. The van der Waals surface area contributed by atoms with E-state index in [1.165, 1.54) is 5.56 Å². The van der Waals surface area contributed by atoms with Crippen molar-refractivity contribution in [2.75, 3.05) is 6.54 Å². The third kappa shape index (κ3) is 1.75. The van der Waals surface area contributed by atoms with E-state index in [2.05, 4.69) is 35.4 Å². The Morgan fingerprint density at radius 1 is 1.33 bits per heavy atom. The maximum Gasteiger partial charge on any atom is 0.182 e. The van der Waals surface area contributed by atoms with Crippen LogP contribution in [-0.2, 0) is 0 Å². The van der Waals surface area contributed by atoms with Gasteiger partial charge in [0.25, 0.3) is 0 Å². The topological polar surface area (TPSA) is 44.9 Å². The Morgan fingerprint density at radius 3 is 2.89 bits per heavy atom. The molecule has 0 aliphatic carbocycles. The van der Waals surface area contributed by atoms with Crippen molar-refractivity contribution >= 4 is 16.7 Å². The number of aryl methyl sites for hydroxylation is 2. The minimum atomic E-state index is 0.00371. The van der Waals surface area contributed by atoms with Crippen LogP contribution in [0.15, 0.2) is 18.2 Å². The molecule has 0 spiro atoms. The van der Waals surface area contributed by atoms with E-state index in [9.17, 15) is 4.79 Å². The summed E-state index contributed by atoms with van der Waals surface area (Å²) in [6.07, 6.45) is 2.05. The lowest BCUT2D eigenvalue weighted by Gasteiger charge is -2.09. The number of benzene rings is 1. The molecule has 3 heteroatoms. The first-order chi connectivity index (χ1) is 8.66. The lowest BCUT2D eigenvalue weighted by molar-refractivity contribution is 0.0953. The Balaban J connectivity index is 2.10. The summed E-state index contributed by atoms with van der Waals surface area (Å²) in [5.74, 6) is 0.236. The zero-order chi connectivity index (χ0) is 12.7. The maximum absolute atomic E-state index is 12.5. The lowest BCUT2D eigenvalue weighted by atomic mass is 9.99. The monoisotopic (exact) mass is 242 g/mol. The second-order valence-corrected chi connectivity index (χ2v) is 5.19. The maximum atomic E-state index is 12.5. The van der Waals surface area contributed by atoms with E-state index in [-0.39, 0.29) is 11.8 Å². The number of H-pyrrole nitrogens is 1. The van der Waals surface area contributed by atoms with Gasteiger partial charge < -0.3 is 10.3 Å². The number of nitrogens with one attached hydrogen (secondary N) is 2. The number of carbonyl (C=O) groups is 1. The first kappa shape index (κ1) is 11.5. The highest BCUT2D eigenvalue weighted by Crippen LogP contribution is 2.25. The van der Waals surface area contributed by atoms with Crippen molar-refractivity contribution in [1.82, 2.24) is 10.3 Å². The quantitative estimate of drug-likeness (QED) is 0.795. The molecule has 1 saturated heterocycles. The van der Waals surface area contributed by atoms with E-state index < -0.39 is 0 Å². The Kier molecular flexibility index (Phi) is 2.71. The van der Waals surface area contributed by atoms with E-state index >= 15 is 0 Å². The van der Waals surface area contributed by atoms with Gasteiger partial charge in [-0.05, 0) is 44.9 Å². The summed E-state index contributed by atoms with van der Waals surface area (Å²) < 4.78 is 0. The molecular formula is C15H18N2O. The number of ketones is 1. The fourth-order valence-corrected chi connectivity index (χ4v) is 2.85. The van der Waals surface area contributed by atoms with Crippen LogP contribution in [0.4, 0.5) is 0 Å². The van der Waals surface area contributed by atoms with Gasteiger partial charge in [-0.2, -0.15) is 0 Å². The van der Waals surface area contributed by atoms with E-state index in [1.54, 1.807) is 0 Å². The Hall–Kier alpha value is -1.61. The average Bonchev–Trinajstić information content (AvgIpc) is 2.94. The van der Waals surface area contributed by atoms with Gasteiger partial charge in [-0.3, -0.25) is 4.79 Å². The fraction of sp³-hybridized carbons (Fsp3) is 0.400. The zero-order valence-corrected chi connectivity index (χ0v) is 10.8. The highest BCUT2D eigenvalue weighted by Gasteiger charge is 2.26. The number of carbonyl (C=O) groups excluding carboxylic acids is 1. The van der Waals surface area contributed by atoms with E-state index in [1.807, 2.05) is 6.92 Å². The van der Waals surface area contributed by atoms with E-state index in [0.717, 1.165) is 41.5 Å². The van der Waals surface area contributed by atoms with Crippen molar-refractivity contribution in [3.63, 3.8) is 0 Å². The van der Waals surface area contributed by atoms with E-state index in [0.29, 0.717) is 0 Å². The van der Waals surface area contributed by atoms with Crippen molar-refractivity contribution in [1.29, 1.82) is 0 Å². The number of aromatic nitrogens is 1. The minimum Gasteiger partial charge on any atom is -0.358 e. The van der Waals surface area contributed by atoms with Crippen molar-refractivity contribution in [2.45, 2.75) is 32.7 Å². The smallest absolute Gasteiger partial charge is 0.182 e. The molecule has 0 saturated carbocycles. The highest BCUT2D eigenvalue weighted by atomic mass is 16.1. The number of Topliss-reactive ketones (excluding diaryl/α,β-unsaturated/α-hetero) is 1. The van der Waals surface area contributed by atoms with Gasteiger partial charge in [0.2, 0.25) is 0 Å². The fourth-order valence-electron chi connectivity index (χ4n) is 2.85. The summed E-state index contributed by atoms with van der Waals surface area (Å²) in [5.41, 5.74) is 4.12. The first-order valence-corrected chi connectivity index (χ1v) is 6.53. The van der Waals surface area contributed by atoms with Crippen molar-refractivity contribution in [3.8, 4) is 0 Å². The molecular weight excluding hydrogens is 224 g/mol. The minimum absolute atomic E-state index is 0.00371. The Morgan fingerprint density at radius 2 is 2.17 bits per heavy atom. The summed E-state index contributed by atoms with van der Waals surface area (Å²) >= 11 is 0. The summed E-state index contributed by atoms with van der Waals surface area (Å²) in [6.45, 7) is 5.00. The van der Waals surface area contributed by atoms with Gasteiger partial charge in [0, 0.05) is 22.2 Å². The summed E-state index contributed by atoms with van der Waals surface area (Å²) in [7, 11) is 0. The molecule has 1 unspecified atom stereocenters. The standard InChI is InChI=1S/C15H18N2O/c1-9-5-6-11-13(8-9)17-10(2)14(11)15(18)12-4-3-7-16-12/h5-6,8,12,16-17H,3-4,7H2,1-2H3. The molecule has 0 radical (unpaired) electrons. The van der Waals surface area contributed by atoms with Gasteiger partial charge in [-0.15, -0.1) is 0 Å². The second kappa shape index (κ2) is 4.25. The first-order valence-electron chi connectivity index (χ1n) is 6.53. The van der Waals surface area contributed by atoms with Crippen LogP contribution in [0.1, 0.15) is 34.5 Å². The number of hydrogen-bond donors (Lipinski definition) is 2. The molecule has 0 bridgehead atoms. The summed E-state index contributed by atoms with van der Waals surface area (Å²) in [6, 6.07) is 6.22. The van der Waals surface area contributed by atoms with Gasteiger partial charge >= 0.3 is 0 Å². The third-order valence-electron chi connectivity index (χ3n) is 3.76. The van der Waals surface area contributed by atoms with Crippen LogP contribution in [-0.4, -0.2) is 23.4 Å². The van der Waals surface area contributed by atoms with Crippen LogP contribution in [0.3, 0.4) is 0 Å². The van der Waals surface area contributed by atoms with Gasteiger partial charge in [-0.25, -0.2) is 0 Å². The predicted octanol–water partition coefficient (Wildman–Crippen LogP) is 2.72. The molecule has 1 aliphatic rings. The molecule has 2 heterocycles. The molecule has 3 rings (SSSR count). The van der Waals surface area contributed by atoms with Crippen molar-refractivity contribution < 1.29 is 4.79 Å².